The van der Waals surface area contributed by atoms with E-state index in [4.69, 9.17) is 17.0 Å². The normalized spacial score (nSPS) is 21.5. The summed E-state index contributed by atoms with van der Waals surface area (Å²) in [6.45, 7) is 0.673. The zero-order valence-corrected chi connectivity index (χ0v) is 17.4. The number of thioether (sulfide) groups is 1. The van der Waals surface area contributed by atoms with Gasteiger partial charge in [-0.25, -0.2) is 0 Å². The van der Waals surface area contributed by atoms with Crippen LogP contribution in [0.5, 0.6) is 5.75 Å². The molecular formula is C20H24N2O4S2. The summed E-state index contributed by atoms with van der Waals surface area (Å²) < 4.78 is 5.54. The first-order valence-corrected chi connectivity index (χ1v) is 10.6. The number of ether oxygens (including phenoxy) is 1. The molecule has 2 amide bonds. The molecule has 1 N–H and O–H groups in total. The number of nitrogens with zero attached hydrogens (tertiary/aromatic N) is 2. The molecule has 2 heterocycles. The summed E-state index contributed by atoms with van der Waals surface area (Å²) in [6.07, 6.45) is 5.24. The van der Waals surface area contributed by atoms with Gasteiger partial charge in [-0.1, -0.05) is 36.1 Å². The summed E-state index contributed by atoms with van der Waals surface area (Å²) in [6, 6.07) is 7.43. The summed E-state index contributed by atoms with van der Waals surface area (Å²) in [5.41, 5.74) is 0.867. The zero-order valence-electron chi connectivity index (χ0n) is 15.8. The van der Waals surface area contributed by atoms with Gasteiger partial charge in [0.1, 0.15) is 16.6 Å². The Bertz CT molecular complexity index is 777. The van der Waals surface area contributed by atoms with Gasteiger partial charge in [-0.2, -0.15) is 0 Å². The van der Waals surface area contributed by atoms with Gasteiger partial charge in [-0.05, 0) is 49.5 Å². The Morgan fingerprint density at radius 1 is 1.36 bits per heavy atom. The summed E-state index contributed by atoms with van der Waals surface area (Å²) in [7, 11) is 1.60. The molecule has 6 nitrogen and oxygen atoms in total. The first-order chi connectivity index (χ1) is 13.5. The van der Waals surface area contributed by atoms with Gasteiger partial charge >= 0.3 is 0 Å². The van der Waals surface area contributed by atoms with E-state index in [2.05, 4.69) is 0 Å². The molecule has 0 aliphatic carbocycles. The van der Waals surface area contributed by atoms with Gasteiger partial charge in [-0.15, -0.1) is 0 Å². The van der Waals surface area contributed by atoms with Crippen molar-refractivity contribution in [3.8, 4) is 5.75 Å². The molecule has 150 valence electrons. The van der Waals surface area contributed by atoms with E-state index in [1.165, 1.54) is 16.7 Å². The van der Waals surface area contributed by atoms with Gasteiger partial charge in [0, 0.05) is 19.2 Å². The maximum absolute atomic E-state index is 12.8. The molecule has 0 radical (unpaired) electrons. The number of likely N-dealkylation sites (tertiary alicyclic amines) is 1. The molecule has 2 aliphatic heterocycles. The van der Waals surface area contributed by atoms with Crippen molar-refractivity contribution in [3.05, 3.63) is 34.7 Å². The smallest absolute Gasteiger partial charge is 0.266 e. The first-order valence-electron chi connectivity index (χ1n) is 9.33. The number of aliphatic hydroxyl groups is 1. The van der Waals surface area contributed by atoms with Crippen molar-refractivity contribution in [3.63, 3.8) is 0 Å². The monoisotopic (exact) mass is 420 g/mol. The Balaban J connectivity index is 1.69. The van der Waals surface area contributed by atoms with Gasteiger partial charge in [-0.3, -0.25) is 14.5 Å². The van der Waals surface area contributed by atoms with Gasteiger partial charge < -0.3 is 14.7 Å². The van der Waals surface area contributed by atoms with Crippen LogP contribution in [0.1, 0.15) is 31.2 Å². The number of aliphatic hydroxyl groups excluding tert-OH is 1. The highest BCUT2D eigenvalue weighted by atomic mass is 32.2. The van der Waals surface area contributed by atoms with E-state index >= 15 is 0 Å². The average molecular weight is 421 g/mol. The number of hydrogen-bond acceptors (Lipinski definition) is 6. The van der Waals surface area contributed by atoms with Crippen LogP contribution in [0.15, 0.2) is 29.2 Å². The van der Waals surface area contributed by atoms with Crippen molar-refractivity contribution < 1.29 is 19.4 Å². The van der Waals surface area contributed by atoms with Crippen LogP contribution in [0.4, 0.5) is 0 Å². The van der Waals surface area contributed by atoms with Crippen molar-refractivity contribution in [2.24, 2.45) is 0 Å². The number of hydrogen-bond donors (Lipinski definition) is 1. The number of carbonyl (C=O) groups is 2. The third kappa shape index (κ3) is 4.74. The lowest BCUT2D eigenvalue weighted by atomic mass is 9.99. The quantitative estimate of drug-likeness (QED) is 0.564. The summed E-state index contributed by atoms with van der Waals surface area (Å²) in [5, 5.41) is 9.25. The Morgan fingerprint density at radius 3 is 2.79 bits per heavy atom. The van der Waals surface area contributed by atoms with E-state index in [0.29, 0.717) is 22.2 Å². The molecule has 1 aromatic carbocycles. The molecule has 2 fully saturated rings. The van der Waals surface area contributed by atoms with E-state index < -0.39 is 0 Å². The Kier molecular flexibility index (Phi) is 7.09. The maximum Gasteiger partial charge on any atom is 0.266 e. The molecule has 0 bridgehead atoms. The number of rotatable bonds is 6. The number of thiocarbonyl (C=S) groups is 1. The lowest BCUT2D eigenvalue weighted by molar-refractivity contribution is -0.138. The largest absolute Gasteiger partial charge is 0.497 e. The molecule has 2 aliphatic rings. The van der Waals surface area contributed by atoms with Crippen molar-refractivity contribution in [1.82, 2.24) is 9.80 Å². The Morgan fingerprint density at radius 2 is 2.11 bits per heavy atom. The molecular weight excluding hydrogens is 396 g/mol. The SMILES string of the molecule is COc1ccc(/C=C2\SC(=S)N(CC(=O)N3CCCCC3CCO)C2=O)cc1. The van der Waals surface area contributed by atoms with Crippen molar-refractivity contribution in [1.29, 1.82) is 0 Å². The van der Waals surface area contributed by atoms with E-state index in [9.17, 15) is 14.7 Å². The number of methoxy groups -OCH3 is 1. The fourth-order valence-corrected chi connectivity index (χ4v) is 4.75. The summed E-state index contributed by atoms with van der Waals surface area (Å²) in [4.78, 5) is 29.3. The second-order valence-electron chi connectivity index (χ2n) is 6.79. The van der Waals surface area contributed by atoms with Crippen molar-refractivity contribution >= 4 is 46.2 Å². The highest BCUT2D eigenvalue weighted by Crippen LogP contribution is 2.33. The molecule has 1 aromatic rings. The minimum Gasteiger partial charge on any atom is -0.497 e. The second kappa shape index (κ2) is 9.54. The average Bonchev–Trinajstić information content (AvgIpc) is 2.96. The summed E-state index contributed by atoms with van der Waals surface area (Å²) in [5.74, 6) is 0.393. The highest BCUT2D eigenvalue weighted by Gasteiger charge is 2.36. The van der Waals surface area contributed by atoms with Crippen molar-refractivity contribution in [2.75, 3.05) is 26.8 Å². The van der Waals surface area contributed by atoms with Crippen LogP contribution in [-0.2, 0) is 9.59 Å². The van der Waals surface area contributed by atoms with E-state index in [1.807, 2.05) is 24.3 Å². The zero-order chi connectivity index (χ0) is 20.1. The molecule has 8 heteroatoms. The third-order valence-electron chi connectivity index (χ3n) is 4.99. The first kappa shape index (κ1) is 20.8. The number of benzene rings is 1. The second-order valence-corrected chi connectivity index (χ2v) is 8.47. The lowest BCUT2D eigenvalue weighted by Gasteiger charge is -2.36. The number of carbonyl (C=O) groups excluding carboxylic acids is 2. The molecule has 28 heavy (non-hydrogen) atoms. The number of amides is 2. The maximum atomic E-state index is 12.8. The van der Waals surface area contributed by atoms with E-state index in [1.54, 1.807) is 18.1 Å². The molecule has 0 saturated carbocycles. The fraction of sp³-hybridized carbons (Fsp3) is 0.450. The van der Waals surface area contributed by atoms with Crippen LogP contribution in [0.2, 0.25) is 0 Å². The fourth-order valence-electron chi connectivity index (χ4n) is 3.49. The molecule has 3 rings (SSSR count). The molecule has 0 aromatic heterocycles. The predicted octanol–water partition coefficient (Wildman–Crippen LogP) is 2.66. The lowest BCUT2D eigenvalue weighted by Crippen LogP contribution is -2.49. The van der Waals surface area contributed by atoms with Gasteiger partial charge in [0.25, 0.3) is 5.91 Å². The van der Waals surface area contributed by atoms with Crippen LogP contribution in [0.3, 0.4) is 0 Å². The molecule has 0 spiro atoms. The van der Waals surface area contributed by atoms with E-state index in [0.717, 1.165) is 30.6 Å². The van der Waals surface area contributed by atoms with Crippen LogP contribution < -0.4 is 4.74 Å². The van der Waals surface area contributed by atoms with Crippen LogP contribution in [0.25, 0.3) is 6.08 Å². The van der Waals surface area contributed by atoms with Crippen LogP contribution in [0, 0.1) is 0 Å². The molecule has 1 atom stereocenters. The molecule has 1 unspecified atom stereocenters. The Labute approximate surface area is 174 Å². The minimum absolute atomic E-state index is 0.0412. The van der Waals surface area contributed by atoms with Gasteiger partial charge in [0.05, 0.1) is 12.0 Å². The van der Waals surface area contributed by atoms with Crippen molar-refractivity contribution in [2.45, 2.75) is 31.7 Å². The minimum atomic E-state index is -0.241. The van der Waals surface area contributed by atoms with E-state index in [-0.39, 0.29) is 31.0 Å². The Hall–Kier alpha value is -1.90. The third-order valence-corrected chi connectivity index (χ3v) is 6.37. The van der Waals surface area contributed by atoms with Crippen LogP contribution in [-0.4, -0.2) is 63.9 Å². The molecule has 2 saturated heterocycles. The van der Waals surface area contributed by atoms with Gasteiger partial charge in [0.15, 0.2) is 0 Å². The predicted molar refractivity (Wildman–Crippen MR) is 114 cm³/mol. The summed E-state index contributed by atoms with van der Waals surface area (Å²) >= 11 is 6.56. The standard InChI is InChI=1S/C20H24N2O4S2/c1-26-16-7-5-14(6-8-16)12-17-19(25)22(20(27)28-17)13-18(24)21-10-3-2-4-15(21)9-11-23/h5-8,12,15,23H,2-4,9-11,13H2,1H3/b17-12-. The van der Waals surface area contributed by atoms with Gasteiger partial charge in [0.2, 0.25) is 5.91 Å². The van der Waals surface area contributed by atoms with Crippen LogP contribution >= 0.6 is 24.0 Å². The topological polar surface area (TPSA) is 70.1 Å². The number of piperidine rings is 1. The highest BCUT2D eigenvalue weighted by molar-refractivity contribution is 8.26.